The maximum absolute atomic E-state index is 11.3. The van der Waals surface area contributed by atoms with Crippen LogP contribution in [0.5, 0.6) is 0 Å². The molecule has 0 amide bonds. The third-order valence-corrected chi connectivity index (χ3v) is 3.44. The monoisotopic (exact) mass is 248 g/mol. The molecule has 0 aromatic rings. The summed E-state index contributed by atoms with van der Waals surface area (Å²) in [6, 6.07) is 0. The Morgan fingerprint density at radius 3 is 1.86 bits per heavy atom. The SMILES string of the molecule is COP(=O)(NCCNP(=O)(O)O)OC. The van der Waals surface area contributed by atoms with Gasteiger partial charge in [0.2, 0.25) is 0 Å². The maximum atomic E-state index is 11.3. The van der Waals surface area contributed by atoms with Crippen molar-refractivity contribution in [2.45, 2.75) is 0 Å². The lowest BCUT2D eigenvalue weighted by molar-refractivity contribution is 0.264. The Kier molecular flexibility index (Phi) is 6.04. The highest BCUT2D eigenvalue weighted by atomic mass is 31.2. The second-order valence-electron chi connectivity index (χ2n) is 2.22. The van der Waals surface area contributed by atoms with Crippen molar-refractivity contribution in [3.05, 3.63) is 0 Å². The molecule has 86 valence electrons. The van der Waals surface area contributed by atoms with Crippen LogP contribution in [0.1, 0.15) is 0 Å². The minimum absolute atomic E-state index is 0.0457. The minimum Gasteiger partial charge on any atom is -0.313 e. The van der Waals surface area contributed by atoms with Gasteiger partial charge in [0.05, 0.1) is 0 Å². The van der Waals surface area contributed by atoms with Crippen molar-refractivity contribution in [1.82, 2.24) is 10.2 Å². The maximum Gasteiger partial charge on any atom is 0.405 e. The van der Waals surface area contributed by atoms with E-state index in [2.05, 4.69) is 14.1 Å². The number of rotatable bonds is 7. The quantitative estimate of drug-likeness (QED) is 0.357. The van der Waals surface area contributed by atoms with E-state index in [-0.39, 0.29) is 13.1 Å². The second-order valence-corrected chi connectivity index (χ2v) is 5.67. The fourth-order valence-corrected chi connectivity index (χ4v) is 1.79. The van der Waals surface area contributed by atoms with E-state index in [4.69, 9.17) is 9.79 Å². The molecular formula is C4H14N2O6P2. The molecule has 0 aliphatic carbocycles. The normalized spacial score (nSPS) is 13.1. The summed E-state index contributed by atoms with van der Waals surface area (Å²) in [5.41, 5.74) is 0. The molecule has 0 unspecified atom stereocenters. The summed E-state index contributed by atoms with van der Waals surface area (Å²) in [5, 5.41) is 4.29. The van der Waals surface area contributed by atoms with Crippen LogP contribution in [-0.4, -0.2) is 37.1 Å². The van der Waals surface area contributed by atoms with Gasteiger partial charge in [-0.1, -0.05) is 0 Å². The average molecular weight is 248 g/mol. The molecular weight excluding hydrogens is 234 g/mol. The van der Waals surface area contributed by atoms with Gasteiger partial charge < -0.3 is 18.8 Å². The van der Waals surface area contributed by atoms with E-state index in [0.717, 1.165) is 0 Å². The van der Waals surface area contributed by atoms with E-state index in [1.54, 1.807) is 0 Å². The van der Waals surface area contributed by atoms with Gasteiger partial charge in [-0.25, -0.2) is 19.3 Å². The summed E-state index contributed by atoms with van der Waals surface area (Å²) in [6.45, 7) is -0.00887. The Labute approximate surface area is 81.8 Å². The van der Waals surface area contributed by atoms with E-state index < -0.39 is 15.5 Å². The lowest BCUT2D eigenvalue weighted by atomic mass is 10.7. The predicted molar refractivity (Wildman–Crippen MR) is 49.7 cm³/mol. The van der Waals surface area contributed by atoms with Crippen molar-refractivity contribution in [2.75, 3.05) is 27.3 Å². The molecule has 0 fully saturated rings. The van der Waals surface area contributed by atoms with E-state index in [0.29, 0.717) is 0 Å². The molecule has 14 heavy (non-hydrogen) atoms. The Morgan fingerprint density at radius 1 is 1.07 bits per heavy atom. The minimum atomic E-state index is -4.23. The van der Waals surface area contributed by atoms with Crippen LogP contribution < -0.4 is 10.2 Å². The van der Waals surface area contributed by atoms with E-state index in [1.165, 1.54) is 14.2 Å². The average Bonchev–Trinajstić information content (AvgIpc) is 2.11. The Balaban J connectivity index is 3.74. The zero-order valence-corrected chi connectivity index (χ0v) is 9.62. The molecule has 10 heteroatoms. The fraction of sp³-hybridized carbons (Fsp3) is 1.00. The van der Waals surface area contributed by atoms with Crippen LogP contribution in [0.15, 0.2) is 0 Å². The summed E-state index contributed by atoms with van der Waals surface area (Å²) in [6.07, 6.45) is 0. The summed E-state index contributed by atoms with van der Waals surface area (Å²) in [4.78, 5) is 16.8. The van der Waals surface area contributed by atoms with Gasteiger partial charge >= 0.3 is 15.5 Å². The molecule has 0 aliphatic heterocycles. The van der Waals surface area contributed by atoms with Gasteiger partial charge in [0.25, 0.3) is 0 Å². The summed E-state index contributed by atoms with van der Waals surface area (Å²) < 4.78 is 30.7. The lowest BCUT2D eigenvalue weighted by Gasteiger charge is -2.14. The molecule has 0 atom stereocenters. The van der Waals surface area contributed by atoms with Crippen molar-refractivity contribution in [3.63, 3.8) is 0 Å². The topological polar surface area (TPSA) is 117 Å². The molecule has 0 saturated heterocycles. The Hall–Kier alpha value is 0.220. The van der Waals surface area contributed by atoms with Crippen molar-refractivity contribution < 1.29 is 28.0 Å². The molecule has 0 radical (unpaired) electrons. The summed E-state index contributed by atoms with van der Waals surface area (Å²) >= 11 is 0. The standard InChI is InChI=1S/C4H14N2O6P2/c1-11-14(10,12-2)6-4-3-5-13(7,8)9/h3-4H2,1-2H3,(H,6,10)(H3,5,7,8,9). The molecule has 8 nitrogen and oxygen atoms in total. The van der Waals surface area contributed by atoms with Crippen LogP contribution >= 0.6 is 15.5 Å². The number of hydrogen-bond donors (Lipinski definition) is 4. The molecule has 0 aliphatic rings. The van der Waals surface area contributed by atoms with Gasteiger partial charge in [0.15, 0.2) is 0 Å². The second kappa shape index (κ2) is 5.95. The van der Waals surface area contributed by atoms with Gasteiger partial charge in [0.1, 0.15) is 0 Å². The molecule has 4 N–H and O–H groups in total. The molecule has 0 bridgehead atoms. The van der Waals surface area contributed by atoms with Gasteiger partial charge in [-0.3, -0.25) is 0 Å². The van der Waals surface area contributed by atoms with Crippen LogP contribution in [0, 0.1) is 0 Å². The zero-order chi connectivity index (χ0) is 11.2. The first kappa shape index (κ1) is 14.2. The summed E-state index contributed by atoms with van der Waals surface area (Å²) in [7, 11) is -5.13. The highest BCUT2D eigenvalue weighted by Crippen LogP contribution is 2.40. The number of hydrogen-bond acceptors (Lipinski definition) is 4. The van der Waals surface area contributed by atoms with Crippen LogP contribution in [-0.2, 0) is 18.2 Å². The molecule has 0 spiro atoms. The first-order valence-corrected chi connectivity index (χ1v) is 6.76. The van der Waals surface area contributed by atoms with Crippen LogP contribution in [0.4, 0.5) is 0 Å². The van der Waals surface area contributed by atoms with E-state index >= 15 is 0 Å². The summed E-state index contributed by atoms with van der Waals surface area (Å²) in [5.74, 6) is 0. The van der Waals surface area contributed by atoms with Gasteiger partial charge in [0, 0.05) is 27.3 Å². The highest BCUT2D eigenvalue weighted by molar-refractivity contribution is 7.51. The van der Waals surface area contributed by atoms with Gasteiger partial charge in [-0.2, -0.15) is 0 Å². The first-order chi connectivity index (χ1) is 6.33. The van der Waals surface area contributed by atoms with Crippen molar-refractivity contribution in [1.29, 1.82) is 0 Å². The van der Waals surface area contributed by atoms with Crippen LogP contribution in [0.3, 0.4) is 0 Å². The fourth-order valence-electron chi connectivity index (χ4n) is 0.598. The van der Waals surface area contributed by atoms with Gasteiger partial charge in [-0.05, 0) is 0 Å². The van der Waals surface area contributed by atoms with E-state index in [9.17, 15) is 9.13 Å². The first-order valence-electron chi connectivity index (χ1n) is 3.60. The molecule has 0 heterocycles. The number of nitrogens with one attached hydrogen (secondary N) is 2. The smallest absolute Gasteiger partial charge is 0.313 e. The third kappa shape index (κ3) is 6.64. The van der Waals surface area contributed by atoms with Crippen LogP contribution in [0.25, 0.3) is 0 Å². The van der Waals surface area contributed by atoms with Crippen molar-refractivity contribution in [2.24, 2.45) is 0 Å². The molecule has 0 aromatic carbocycles. The lowest BCUT2D eigenvalue weighted by Crippen LogP contribution is -2.24. The Morgan fingerprint density at radius 2 is 1.50 bits per heavy atom. The predicted octanol–water partition coefficient (Wildman–Crippen LogP) is -0.341. The van der Waals surface area contributed by atoms with Crippen molar-refractivity contribution in [3.8, 4) is 0 Å². The van der Waals surface area contributed by atoms with Gasteiger partial charge in [-0.15, -0.1) is 0 Å². The third-order valence-electron chi connectivity index (χ3n) is 1.23. The highest BCUT2D eigenvalue weighted by Gasteiger charge is 2.20. The van der Waals surface area contributed by atoms with Crippen molar-refractivity contribution >= 4 is 15.5 Å². The largest absolute Gasteiger partial charge is 0.405 e. The molecule has 0 saturated carbocycles. The molecule has 0 aromatic heterocycles. The van der Waals surface area contributed by atoms with Crippen LogP contribution in [0.2, 0.25) is 0 Å². The zero-order valence-electron chi connectivity index (χ0n) is 7.84. The Bertz CT molecular complexity index is 244. The van der Waals surface area contributed by atoms with E-state index in [1.807, 2.05) is 5.09 Å². The molecule has 0 rings (SSSR count).